The summed E-state index contributed by atoms with van der Waals surface area (Å²) in [5.41, 5.74) is 2.76. The largest absolute Gasteiger partial charge is 0.455 e. The third kappa shape index (κ3) is 3.57. The number of nitrogens with zero attached hydrogens (tertiary/aromatic N) is 2. The number of aromatic nitrogens is 2. The first-order valence-corrected chi connectivity index (χ1v) is 9.16. The summed E-state index contributed by atoms with van der Waals surface area (Å²) < 4.78 is 7.89. The first-order chi connectivity index (χ1) is 13.5. The number of hydrogen-bond donors (Lipinski definition) is 1. The first-order valence-electron chi connectivity index (χ1n) is 8.78. The summed E-state index contributed by atoms with van der Waals surface area (Å²) in [6.07, 6.45) is 0. The molecule has 0 saturated carbocycles. The zero-order chi connectivity index (χ0) is 19.7. The Labute approximate surface area is 167 Å². The summed E-state index contributed by atoms with van der Waals surface area (Å²) in [4.78, 5) is 17.3. The molecule has 3 aromatic carbocycles. The zero-order valence-corrected chi connectivity index (χ0v) is 16.2. The zero-order valence-electron chi connectivity index (χ0n) is 15.4. The molecule has 1 heterocycles. The van der Waals surface area contributed by atoms with Gasteiger partial charge in [-0.25, -0.2) is 4.98 Å². The molecule has 0 fully saturated rings. The Kier molecular flexibility index (Phi) is 4.75. The van der Waals surface area contributed by atoms with Crippen molar-refractivity contribution < 1.29 is 9.53 Å². The van der Waals surface area contributed by atoms with E-state index in [4.69, 9.17) is 16.3 Å². The predicted octanol–water partition coefficient (Wildman–Crippen LogP) is 5.58. The Hall–Kier alpha value is -3.31. The number of amides is 1. The topological polar surface area (TPSA) is 56.1 Å². The maximum Gasteiger partial charge on any atom is 0.255 e. The van der Waals surface area contributed by atoms with Gasteiger partial charge < -0.3 is 14.6 Å². The van der Waals surface area contributed by atoms with Crippen LogP contribution in [0.5, 0.6) is 11.5 Å². The van der Waals surface area contributed by atoms with E-state index in [1.54, 1.807) is 30.3 Å². The minimum absolute atomic E-state index is 0.259. The van der Waals surface area contributed by atoms with Gasteiger partial charge in [0.1, 0.15) is 11.6 Å². The lowest BCUT2D eigenvalue weighted by atomic mass is 10.1. The Morgan fingerprint density at radius 1 is 1.07 bits per heavy atom. The Bertz CT molecular complexity index is 1170. The molecule has 4 rings (SSSR count). The summed E-state index contributed by atoms with van der Waals surface area (Å²) in [5.74, 6) is 1.82. The molecule has 1 N–H and O–H groups in total. The highest BCUT2D eigenvalue weighted by Gasteiger charge is 2.14. The van der Waals surface area contributed by atoms with Gasteiger partial charge in [0.15, 0.2) is 5.75 Å². The van der Waals surface area contributed by atoms with E-state index in [0.717, 1.165) is 16.9 Å². The van der Waals surface area contributed by atoms with Crippen LogP contribution in [0.4, 0.5) is 5.69 Å². The molecule has 140 valence electrons. The average Bonchev–Trinajstić information content (AvgIpc) is 2.98. The van der Waals surface area contributed by atoms with Crippen molar-refractivity contribution in [2.75, 3.05) is 5.32 Å². The standard InChI is InChI=1S/C22H18ClN3O2/c1-14-24-18-12-15(8-10-20(18)26(14)2)22(27)25-19-13-16(23)9-11-21(19)28-17-6-4-3-5-7-17/h3-13H,1-2H3,(H,25,27). The fourth-order valence-corrected chi connectivity index (χ4v) is 3.13. The highest BCUT2D eigenvalue weighted by atomic mass is 35.5. The predicted molar refractivity (Wildman–Crippen MR) is 111 cm³/mol. The van der Waals surface area contributed by atoms with E-state index < -0.39 is 0 Å². The number of aryl methyl sites for hydroxylation is 2. The van der Waals surface area contributed by atoms with E-state index in [1.807, 2.05) is 54.9 Å². The van der Waals surface area contributed by atoms with E-state index in [1.165, 1.54) is 0 Å². The monoisotopic (exact) mass is 391 g/mol. The third-order valence-corrected chi connectivity index (χ3v) is 4.76. The molecule has 1 aromatic heterocycles. The third-order valence-electron chi connectivity index (χ3n) is 4.53. The van der Waals surface area contributed by atoms with Gasteiger partial charge in [-0.3, -0.25) is 4.79 Å². The van der Waals surface area contributed by atoms with Crippen LogP contribution in [0, 0.1) is 6.92 Å². The quantitative estimate of drug-likeness (QED) is 0.494. The second kappa shape index (κ2) is 7.37. The summed E-state index contributed by atoms with van der Waals surface area (Å²) in [7, 11) is 1.95. The van der Waals surface area contributed by atoms with E-state index in [-0.39, 0.29) is 5.91 Å². The van der Waals surface area contributed by atoms with Gasteiger partial charge in [0.05, 0.1) is 16.7 Å². The SMILES string of the molecule is Cc1nc2cc(C(=O)Nc3cc(Cl)ccc3Oc3ccccc3)ccc2n1C. The van der Waals surface area contributed by atoms with Gasteiger partial charge in [-0.15, -0.1) is 0 Å². The number of anilines is 1. The molecule has 0 aliphatic rings. The van der Waals surface area contributed by atoms with E-state index in [2.05, 4.69) is 10.3 Å². The number of benzene rings is 3. The average molecular weight is 392 g/mol. The molecule has 0 aliphatic carbocycles. The lowest BCUT2D eigenvalue weighted by Gasteiger charge is -2.13. The Morgan fingerprint density at radius 3 is 2.64 bits per heavy atom. The second-order valence-electron chi connectivity index (χ2n) is 6.43. The number of nitrogens with one attached hydrogen (secondary N) is 1. The summed E-state index contributed by atoms with van der Waals surface area (Å²) in [5, 5.41) is 3.40. The highest BCUT2D eigenvalue weighted by Crippen LogP contribution is 2.32. The Balaban J connectivity index is 1.63. The number of fused-ring (bicyclic) bond motifs is 1. The molecule has 0 unspecified atom stereocenters. The Morgan fingerprint density at radius 2 is 1.86 bits per heavy atom. The molecule has 0 atom stereocenters. The van der Waals surface area contributed by atoms with Gasteiger partial charge in [-0.05, 0) is 55.5 Å². The number of halogens is 1. The molecule has 1 amide bonds. The van der Waals surface area contributed by atoms with Crippen LogP contribution >= 0.6 is 11.6 Å². The van der Waals surface area contributed by atoms with Crippen molar-refractivity contribution in [3.8, 4) is 11.5 Å². The van der Waals surface area contributed by atoms with Gasteiger partial charge >= 0.3 is 0 Å². The summed E-state index contributed by atoms with van der Waals surface area (Å²) in [6, 6.07) is 19.9. The molecule has 0 bridgehead atoms. The van der Waals surface area contributed by atoms with Crippen molar-refractivity contribution in [3.05, 3.63) is 83.1 Å². The van der Waals surface area contributed by atoms with Crippen LogP contribution in [0.25, 0.3) is 11.0 Å². The van der Waals surface area contributed by atoms with Crippen LogP contribution in [-0.4, -0.2) is 15.5 Å². The van der Waals surface area contributed by atoms with Crippen LogP contribution in [-0.2, 0) is 7.05 Å². The molecule has 0 radical (unpaired) electrons. The van der Waals surface area contributed by atoms with Gasteiger partial charge in [0.25, 0.3) is 5.91 Å². The first kappa shape index (κ1) is 18.1. The van der Waals surface area contributed by atoms with Crippen LogP contribution in [0.2, 0.25) is 5.02 Å². The fourth-order valence-electron chi connectivity index (χ4n) is 2.96. The number of ether oxygens (including phenoxy) is 1. The maximum absolute atomic E-state index is 12.8. The molecule has 4 aromatic rings. The maximum atomic E-state index is 12.8. The number of carbonyl (C=O) groups is 1. The number of carbonyl (C=O) groups excluding carboxylic acids is 1. The number of imidazole rings is 1. The number of para-hydroxylation sites is 1. The molecule has 5 nitrogen and oxygen atoms in total. The minimum Gasteiger partial charge on any atom is -0.455 e. The van der Waals surface area contributed by atoms with Gasteiger partial charge in [-0.2, -0.15) is 0 Å². The van der Waals surface area contributed by atoms with Crippen molar-refractivity contribution in [1.29, 1.82) is 0 Å². The fraction of sp³-hybridized carbons (Fsp3) is 0.0909. The lowest BCUT2D eigenvalue weighted by Crippen LogP contribution is -2.12. The van der Waals surface area contributed by atoms with Crippen molar-refractivity contribution in [3.63, 3.8) is 0 Å². The van der Waals surface area contributed by atoms with E-state index in [9.17, 15) is 4.79 Å². The smallest absolute Gasteiger partial charge is 0.255 e. The van der Waals surface area contributed by atoms with Crippen molar-refractivity contribution in [2.24, 2.45) is 7.05 Å². The van der Waals surface area contributed by atoms with Crippen molar-refractivity contribution in [1.82, 2.24) is 9.55 Å². The van der Waals surface area contributed by atoms with Crippen molar-refractivity contribution in [2.45, 2.75) is 6.92 Å². The summed E-state index contributed by atoms with van der Waals surface area (Å²) >= 11 is 6.13. The molecule has 0 saturated heterocycles. The van der Waals surface area contributed by atoms with E-state index >= 15 is 0 Å². The molecule has 0 spiro atoms. The van der Waals surface area contributed by atoms with Gasteiger partial charge in [0.2, 0.25) is 0 Å². The van der Waals surface area contributed by atoms with Gasteiger partial charge in [0, 0.05) is 17.6 Å². The minimum atomic E-state index is -0.259. The summed E-state index contributed by atoms with van der Waals surface area (Å²) in [6.45, 7) is 1.93. The molecule has 6 heteroatoms. The van der Waals surface area contributed by atoms with Crippen LogP contribution < -0.4 is 10.1 Å². The molecular weight excluding hydrogens is 374 g/mol. The number of hydrogen-bond acceptors (Lipinski definition) is 3. The van der Waals surface area contributed by atoms with Crippen LogP contribution in [0.1, 0.15) is 16.2 Å². The van der Waals surface area contributed by atoms with Crippen LogP contribution in [0.15, 0.2) is 66.7 Å². The van der Waals surface area contributed by atoms with Crippen molar-refractivity contribution >= 4 is 34.2 Å². The van der Waals surface area contributed by atoms with E-state index in [0.29, 0.717) is 27.8 Å². The normalized spacial score (nSPS) is 10.8. The molecule has 0 aliphatic heterocycles. The second-order valence-corrected chi connectivity index (χ2v) is 6.87. The van der Waals surface area contributed by atoms with Gasteiger partial charge in [-0.1, -0.05) is 29.8 Å². The highest BCUT2D eigenvalue weighted by molar-refractivity contribution is 6.31. The van der Waals surface area contributed by atoms with Crippen LogP contribution in [0.3, 0.4) is 0 Å². The molecular formula is C22H18ClN3O2. The molecule has 28 heavy (non-hydrogen) atoms. The number of rotatable bonds is 4. The lowest BCUT2D eigenvalue weighted by molar-refractivity contribution is 0.102.